The monoisotopic (exact) mass is 305 g/mol. The quantitative estimate of drug-likeness (QED) is 0.678. The van der Waals surface area contributed by atoms with Crippen molar-refractivity contribution in [1.29, 1.82) is 0 Å². The predicted octanol–water partition coefficient (Wildman–Crippen LogP) is 0.116. The second-order valence-corrected chi connectivity index (χ2v) is 7.80. The lowest BCUT2D eigenvalue weighted by molar-refractivity contribution is -0.126. The van der Waals surface area contributed by atoms with E-state index in [1.54, 1.807) is 6.92 Å². The molecule has 1 heterocycles. The Morgan fingerprint density at radius 2 is 2.10 bits per heavy atom. The molecule has 0 bridgehead atoms. The van der Waals surface area contributed by atoms with Crippen molar-refractivity contribution < 1.29 is 13.2 Å². The fraction of sp³-hybridized carbons (Fsp3) is 0.923. The molecule has 0 spiro atoms. The van der Waals surface area contributed by atoms with E-state index in [9.17, 15) is 13.2 Å². The van der Waals surface area contributed by atoms with E-state index in [0.717, 1.165) is 25.8 Å². The Morgan fingerprint density at radius 3 is 2.70 bits per heavy atom. The van der Waals surface area contributed by atoms with Crippen LogP contribution in [0, 0.1) is 5.92 Å². The molecule has 1 atom stereocenters. The average Bonchev–Trinajstić information content (AvgIpc) is 2.43. The third-order valence-electron chi connectivity index (χ3n) is 3.59. The highest BCUT2D eigenvalue weighted by molar-refractivity contribution is 7.89. The number of hydrogen-bond acceptors (Lipinski definition) is 4. The maximum atomic E-state index is 12.1. The van der Waals surface area contributed by atoms with Gasteiger partial charge in [0, 0.05) is 19.6 Å². The first kappa shape index (κ1) is 17.4. The van der Waals surface area contributed by atoms with Gasteiger partial charge in [0.15, 0.2) is 0 Å². The summed E-state index contributed by atoms with van der Waals surface area (Å²) in [7, 11) is 0.816. The van der Waals surface area contributed by atoms with Crippen LogP contribution in [-0.2, 0) is 14.8 Å². The van der Waals surface area contributed by atoms with Crippen LogP contribution in [0.4, 0.5) is 0 Å². The molecule has 1 unspecified atom stereocenters. The third-order valence-corrected chi connectivity index (χ3v) is 5.44. The standard InChI is InChI=1S/C13H27N3O3S/c1-4-20(18,19)16-10-5-7-12(11-16)13(17)14-8-6-9-15(2)3/h12H,4-11H2,1-3H3,(H,14,17). The van der Waals surface area contributed by atoms with E-state index in [4.69, 9.17) is 0 Å². The van der Waals surface area contributed by atoms with Crippen molar-refractivity contribution in [3.63, 3.8) is 0 Å². The third kappa shape index (κ3) is 5.38. The fourth-order valence-corrected chi connectivity index (χ4v) is 3.52. The smallest absolute Gasteiger partial charge is 0.224 e. The van der Waals surface area contributed by atoms with Gasteiger partial charge < -0.3 is 10.2 Å². The summed E-state index contributed by atoms with van der Waals surface area (Å²) in [6.07, 6.45) is 2.44. The van der Waals surface area contributed by atoms with Gasteiger partial charge in [0.05, 0.1) is 11.7 Å². The van der Waals surface area contributed by atoms with E-state index in [1.807, 2.05) is 14.1 Å². The lowest BCUT2D eigenvalue weighted by atomic mass is 9.99. The zero-order valence-electron chi connectivity index (χ0n) is 12.8. The molecule has 118 valence electrons. The number of nitrogens with one attached hydrogen (secondary N) is 1. The Labute approximate surface area is 122 Å². The molecule has 1 rings (SSSR count). The van der Waals surface area contributed by atoms with Gasteiger partial charge in [-0.3, -0.25) is 4.79 Å². The van der Waals surface area contributed by atoms with Crippen molar-refractivity contribution in [3.05, 3.63) is 0 Å². The van der Waals surface area contributed by atoms with Crippen molar-refractivity contribution in [2.45, 2.75) is 26.2 Å². The van der Waals surface area contributed by atoms with Crippen molar-refractivity contribution in [2.24, 2.45) is 5.92 Å². The van der Waals surface area contributed by atoms with Crippen LogP contribution >= 0.6 is 0 Å². The maximum Gasteiger partial charge on any atom is 0.224 e. The number of rotatable bonds is 7. The molecule has 0 saturated carbocycles. The first-order valence-corrected chi connectivity index (χ1v) is 8.88. The van der Waals surface area contributed by atoms with Gasteiger partial charge >= 0.3 is 0 Å². The van der Waals surface area contributed by atoms with Crippen molar-refractivity contribution in [1.82, 2.24) is 14.5 Å². The van der Waals surface area contributed by atoms with E-state index in [2.05, 4.69) is 10.2 Å². The molecule has 1 amide bonds. The van der Waals surface area contributed by atoms with Crippen LogP contribution in [-0.4, -0.2) is 69.6 Å². The van der Waals surface area contributed by atoms with Crippen LogP contribution in [0.3, 0.4) is 0 Å². The molecule has 0 aliphatic carbocycles. The van der Waals surface area contributed by atoms with Gasteiger partial charge in [0.25, 0.3) is 0 Å². The Hall–Kier alpha value is -0.660. The summed E-state index contributed by atoms with van der Waals surface area (Å²) in [5.74, 6) is -0.117. The molecule has 1 aliphatic rings. The number of amides is 1. The molecule has 0 aromatic rings. The molecular weight excluding hydrogens is 278 g/mol. The summed E-state index contributed by atoms with van der Waals surface area (Å²) in [5.41, 5.74) is 0. The number of carbonyl (C=O) groups is 1. The molecule has 1 saturated heterocycles. The second kappa shape index (κ2) is 7.95. The summed E-state index contributed by atoms with van der Waals surface area (Å²) >= 11 is 0. The normalized spacial score (nSPS) is 21.1. The van der Waals surface area contributed by atoms with Crippen LogP contribution < -0.4 is 5.32 Å². The maximum absolute atomic E-state index is 12.1. The van der Waals surface area contributed by atoms with Crippen molar-refractivity contribution >= 4 is 15.9 Å². The molecular formula is C13H27N3O3S. The summed E-state index contributed by atoms with van der Waals surface area (Å²) < 4.78 is 25.2. The molecule has 1 N–H and O–H groups in total. The minimum Gasteiger partial charge on any atom is -0.356 e. The van der Waals surface area contributed by atoms with Crippen LogP contribution in [0.5, 0.6) is 0 Å². The number of carbonyl (C=O) groups excluding carboxylic acids is 1. The Morgan fingerprint density at radius 1 is 1.40 bits per heavy atom. The number of sulfonamides is 1. The largest absolute Gasteiger partial charge is 0.356 e. The van der Waals surface area contributed by atoms with Gasteiger partial charge in [-0.25, -0.2) is 12.7 Å². The first-order chi connectivity index (χ1) is 9.36. The first-order valence-electron chi connectivity index (χ1n) is 7.27. The summed E-state index contributed by atoms with van der Waals surface area (Å²) in [6.45, 7) is 4.09. The fourth-order valence-electron chi connectivity index (χ4n) is 2.34. The summed E-state index contributed by atoms with van der Waals surface area (Å²) in [6, 6.07) is 0. The highest BCUT2D eigenvalue weighted by Crippen LogP contribution is 2.19. The van der Waals surface area contributed by atoms with E-state index in [1.165, 1.54) is 4.31 Å². The molecule has 0 aromatic carbocycles. The number of hydrogen-bond donors (Lipinski definition) is 1. The minimum atomic E-state index is -3.18. The van der Waals surface area contributed by atoms with Crippen LogP contribution in [0.15, 0.2) is 0 Å². The summed E-state index contributed by atoms with van der Waals surface area (Å²) in [5, 5.41) is 2.91. The zero-order chi connectivity index (χ0) is 15.2. The van der Waals surface area contributed by atoms with Gasteiger partial charge in [-0.15, -0.1) is 0 Å². The molecule has 0 radical (unpaired) electrons. The molecule has 7 heteroatoms. The van der Waals surface area contributed by atoms with Crippen LogP contribution in [0.1, 0.15) is 26.2 Å². The Kier molecular flexibility index (Phi) is 6.91. The number of nitrogens with zero attached hydrogens (tertiary/aromatic N) is 2. The molecule has 6 nitrogen and oxygen atoms in total. The number of piperidine rings is 1. The van der Waals surface area contributed by atoms with Crippen LogP contribution in [0.25, 0.3) is 0 Å². The van der Waals surface area contributed by atoms with Gasteiger partial charge in [0.2, 0.25) is 15.9 Å². The van der Waals surface area contributed by atoms with E-state index < -0.39 is 10.0 Å². The minimum absolute atomic E-state index is 0.0141. The Balaban J connectivity index is 2.41. The lowest BCUT2D eigenvalue weighted by Gasteiger charge is -2.30. The average molecular weight is 305 g/mol. The second-order valence-electron chi connectivity index (χ2n) is 5.55. The topological polar surface area (TPSA) is 69.7 Å². The highest BCUT2D eigenvalue weighted by atomic mass is 32.2. The van der Waals surface area contributed by atoms with Gasteiger partial charge in [-0.05, 0) is 46.8 Å². The van der Waals surface area contributed by atoms with E-state index >= 15 is 0 Å². The van der Waals surface area contributed by atoms with Crippen molar-refractivity contribution in [2.75, 3.05) is 46.0 Å². The van der Waals surface area contributed by atoms with Gasteiger partial charge in [-0.1, -0.05) is 0 Å². The molecule has 20 heavy (non-hydrogen) atoms. The molecule has 0 aromatic heterocycles. The van der Waals surface area contributed by atoms with E-state index in [-0.39, 0.29) is 17.6 Å². The molecule has 1 aliphatic heterocycles. The lowest BCUT2D eigenvalue weighted by Crippen LogP contribution is -2.46. The Bertz CT molecular complexity index is 409. The van der Waals surface area contributed by atoms with E-state index in [0.29, 0.717) is 19.6 Å². The SMILES string of the molecule is CCS(=O)(=O)N1CCCC(C(=O)NCCCN(C)C)C1. The van der Waals surface area contributed by atoms with Crippen LogP contribution in [0.2, 0.25) is 0 Å². The zero-order valence-corrected chi connectivity index (χ0v) is 13.6. The molecule has 1 fully saturated rings. The van der Waals surface area contributed by atoms with Crippen molar-refractivity contribution in [3.8, 4) is 0 Å². The highest BCUT2D eigenvalue weighted by Gasteiger charge is 2.31. The summed E-state index contributed by atoms with van der Waals surface area (Å²) in [4.78, 5) is 14.1. The van der Waals surface area contributed by atoms with Gasteiger partial charge in [0.1, 0.15) is 0 Å². The van der Waals surface area contributed by atoms with Gasteiger partial charge in [-0.2, -0.15) is 0 Å². The predicted molar refractivity (Wildman–Crippen MR) is 79.9 cm³/mol.